The molecule has 2 saturated carbocycles. The summed E-state index contributed by atoms with van der Waals surface area (Å²) in [5.41, 5.74) is 3.42. The topological polar surface area (TPSA) is 175 Å². The fourth-order valence-electron chi connectivity index (χ4n) is 6.46. The van der Waals surface area contributed by atoms with E-state index in [0.29, 0.717) is 55.1 Å². The van der Waals surface area contributed by atoms with Crippen molar-refractivity contribution in [1.29, 1.82) is 10.5 Å². The third kappa shape index (κ3) is 11.0. The third-order valence-corrected chi connectivity index (χ3v) is 9.80. The van der Waals surface area contributed by atoms with Crippen LogP contribution in [0.15, 0.2) is 60.7 Å². The van der Waals surface area contributed by atoms with Gasteiger partial charge in [0.25, 0.3) is 0 Å². The fraction of sp³-hybridized carbons (Fsp3) is 0.400. The number of carbonyl (C=O) groups excluding carboxylic acids is 1. The first-order valence-electron chi connectivity index (χ1n) is 18.4. The summed E-state index contributed by atoms with van der Waals surface area (Å²) in [5.74, 6) is 0.937. The molecule has 0 unspecified atom stereocenters. The zero-order chi connectivity index (χ0) is 38.7. The highest BCUT2D eigenvalue weighted by atomic mass is 19.1. The van der Waals surface area contributed by atoms with Crippen molar-refractivity contribution in [1.82, 2.24) is 30.6 Å². The van der Waals surface area contributed by atoms with Gasteiger partial charge < -0.3 is 25.1 Å². The van der Waals surface area contributed by atoms with Crippen LogP contribution in [0.1, 0.15) is 71.2 Å². The number of carboxylic acids is 1. The van der Waals surface area contributed by atoms with Gasteiger partial charge in [0.1, 0.15) is 23.8 Å². The highest BCUT2D eigenvalue weighted by molar-refractivity contribution is 5.79. The van der Waals surface area contributed by atoms with Gasteiger partial charge in [0.2, 0.25) is 5.91 Å². The molecule has 8 rings (SSSR count). The second kappa shape index (κ2) is 18.3. The van der Waals surface area contributed by atoms with E-state index < -0.39 is 5.97 Å². The van der Waals surface area contributed by atoms with Gasteiger partial charge >= 0.3 is 5.97 Å². The van der Waals surface area contributed by atoms with Gasteiger partial charge in [-0.15, -0.1) is 20.4 Å². The van der Waals surface area contributed by atoms with E-state index in [-0.39, 0.29) is 36.1 Å². The van der Waals surface area contributed by atoms with Crippen molar-refractivity contribution < 1.29 is 23.5 Å². The number of rotatable bonds is 8. The first kappa shape index (κ1) is 38.7. The highest BCUT2D eigenvalue weighted by Crippen LogP contribution is 2.42. The SMILES string of the molecule is N#Cc1ccc(N2CCN(C(=O)Cc3ccc(C4CC4)c(F)c3)CC2)nn1.N#Cc1ccc(N2CCNCC2)nn1.O=C(O)Cc1ccc(C2CC2)c(F)c1. The number of anilines is 2. The number of hydrogen-bond donors (Lipinski definition) is 2. The van der Waals surface area contributed by atoms with Gasteiger partial charge in [-0.2, -0.15) is 10.5 Å². The first-order chi connectivity index (χ1) is 26.7. The number of nitrogens with zero attached hydrogens (tertiary/aromatic N) is 9. The van der Waals surface area contributed by atoms with Gasteiger partial charge in [-0.05, 0) is 96.2 Å². The molecular weight excluding hydrogens is 707 g/mol. The molecule has 13 nitrogen and oxygen atoms in total. The molecule has 0 atom stereocenters. The minimum absolute atomic E-state index is 0.0131. The van der Waals surface area contributed by atoms with Crippen molar-refractivity contribution in [3.05, 3.63) is 106 Å². The van der Waals surface area contributed by atoms with Crippen molar-refractivity contribution in [2.75, 3.05) is 62.2 Å². The smallest absolute Gasteiger partial charge is 0.307 e. The monoisotopic (exact) mass is 748 g/mol. The molecule has 2 saturated heterocycles. The van der Waals surface area contributed by atoms with E-state index in [0.717, 1.165) is 74.4 Å². The van der Waals surface area contributed by atoms with Gasteiger partial charge in [0, 0.05) is 52.4 Å². The summed E-state index contributed by atoms with van der Waals surface area (Å²) in [6.07, 6.45) is 4.33. The van der Waals surface area contributed by atoms with Gasteiger partial charge in [-0.3, -0.25) is 9.59 Å². The third-order valence-electron chi connectivity index (χ3n) is 9.80. The van der Waals surface area contributed by atoms with Crippen LogP contribution in [0.4, 0.5) is 20.4 Å². The number of amides is 1. The van der Waals surface area contributed by atoms with Gasteiger partial charge in [-0.25, -0.2) is 8.78 Å². The number of carbonyl (C=O) groups is 2. The average Bonchev–Trinajstić information content (AvgIpc) is 4.15. The minimum Gasteiger partial charge on any atom is -0.481 e. The summed E-state index contributed by atoms with van der Waals surface area (Å²) >= 11 is 0. The lowest BCUT2D eigenvalue weighted by Crippen LogP contribution is -2.49. The molecule has 55 heavy (non-hydrogen) atoms. The van der Waals surface area contributed by atoms with Gasteiger partial charge in [0.15, 0.2) is 23.0 Å². The van der Waals surface area contributed by atoms with Gasteiger partial charge in [0.05, 0.1) is 12.8 Å². The number of halogens is 2. The number of piperazine rings is 2. The Morgan fingerprint density at radius 2 is 1.15 bits per heavy atom. The number of aromatic nitrogens is 4. The van der Waals surface area contributed by atoms with Crippen LogP contribution in [-0.2, 0) is 22.4 Å². The van der Waals surface area contributed by atoms with Crippen LogP contribution in [-0.4, -0.2) is 94.6 Å². The van der Waals surface area contributed by atoms with Crippen LogP contribution in [0.3, 0.4) is 0 Å². The summed E-state index contributed by atoms with van der Waals surface area (Å²) in [4.78, 5) is 29.0. The molecule has 2 aliphatic carbocycles. The van der Waals surface area contributed by atoms with Crippen molar-refractivity contribution in [3.63, 3.8) is 0 Å². The van der Waals surface area contributed by atoms with E-state index in [4.69, 9.17) is 15.6 Å². The largest absolute Gasteiger partial charge is 0.481 e. The molecule has 2 aromatic heterocycles. The number of aliphatic carboxylic acids is 1. The quantitative estimate of drug-likeness (QED) is 0.261. The molecule has 2 aromatic carbocycles. The van der Waals surface area contributed by atoms with E-state index in [2.05, 4.69) is 30.6 Å². The van der Waals surface area contributed by atoms with E-state index in [1.165, 1.54) is 12.1 Å². The van der Waals surface area contributed by atoms with Gasteiger partial charge in [-0.1, -0.05) is 24.3 Å². The number of carboxylic acid groups (broad SMARTS) is 1. The Labute approximate surface area is 318 Å². The highest BCUT2D eigenvalue weighted by Gasteiger charge is 2.28. The normalized spacial score (nSPS) is 16.4. The van der Waals surface area contributed by atoms with Crippen molar-refractivity contribution in [2.45, 2.75) is 50.4 Å². The second-order valence-corrected chi connectivity index (χ2v) is 13.9. The summed E-state index contributed by atoms with van der Waals surface area (Å²) in [7, 11) is 0. The van der Waals surface area contributed by atoms with Crippen molar-refractivity contribution >= 4 is 23.5 Å². The van der Waals surface area contributed by atoms with Crippen LogP contribution >= 0.6 is 0 Å². The molecule has 0 bridgehead atoms. The van der Waals surface area contributed by atoms with Crippen LogP contribution in [0.5, 0.6) is 0 Å². The van der Waals surface area contributed by atoms with E-state index in [9.17, 15) is 18.4 Å². The summed E-state index contributed by atoms with van der Waals surface area (Å²) in [5, 5.41) is 44.8. The Kier molecular flexibility index (Phi) is 12.9. The fourth-order valence-corrected chi connectivity index (χ4v) is 6.46. The lowest BCUT2D eigenvalue weighted by atomic mass is 10.0. The molecular formula is C40H42F2N10O3. The minimum atomic E-state index is -0.927. The summed E-state index contributed by atoms with van der Waals surface area (Å²) in [6.45, 7) is 6.32. The Balaban J connectivity index is 0.000000155. The Bertz CT molecular complexity index is 2030. The van der Waals surface area contributed by atoms with Crippen molar-refractivity contribution in [3.8, 4) is 12.1 Å². The summed E-state index contributed by atoms with van der Waals surface area (Å²) in [6, 6.07) is 20.8. The predicted octanol–water partition coefficient (Wildman–Crippen LogP) is 4.34. The lowest BCUT2D eigenvalue weighted by Gasteiger charge is -2.35. The maximum atomic E-state index is 14.2. The lowest BCUT2D eigenvalue weighted by molar-refractivity contribution is -0.136. The standard InChI is InChI=1S/C20H20FN5O.C11H11FO2.C9H11N5/c21-18-11-14(1-5-17(18)15-2-3-15)12-20(27)26-9-7-25(8-10-26)19-6-4-16(13-22)23-24-19;12-10-5-7(6-11(13)14)1-4-9(10)8-2-3-8;10-7-8-1-2-9(13-12-8)14-5-3-11-4-6-14/h1,4-6,11,15H,2-3,7-10,12H2;1,4-5,8H,2-3,6H2,(H,13,14);1-2,11H,3-6H2. The number of hydrogen-bond acceptors (Lipinski definition) is 11. The second-order valence-electron chi connectivity index (χ2n) is 13.9. The first-order valence-corrected chi connectivity index (χ1v) is 18.4. The molecule has 4 heterocycles. The Morgan fingerprint density at radius 3 is 1.55 bits per heavy atom. The van der Waals surface area contributed by atoms with Crippen LogP contribution < -0.4 is 15.1 Å². The maximum Gasteiger partial charge on any atom is 0.307 e. The molecule has 4 fully saturated rings. The molecule has 0 radical (unpaired) electrons. The molecule has 0 spiro atoms. The average molecular weight is 749 g/mol. The molecule has 15 heteroatoms. The van der Waals surface area contributed by atoms with E-state index in [1.54, 1.807) is 35.2 Å². The van der Waals surface area contributed by atoms with Crippen LogP contribution in [0.25, 0.3) is 0 Å². The van der Waals surface area contributed by atoms with Crippen LogP contribution in [0, 0.1) is 34.3 Å². The maximum absolute atomic E-state index is 14.2. The zero-order valence-corrected chi connectivity index (χ0v) is 30.4. The molecule has 2 aliphatic heterocycles. The van der Waals surface area contributed by atoms with Crippen LogP contribution in [0.2, 0.25) is 0 Å². The molecule has 4 aromatic rings. The molecule has 2 N–H and O–H groups in total. The molecule has 1 amide bonds. The number of nitrogens with one attached hydrogen (secondary N) is 1. The molecule has 284 valence electrons. The van der Waals surface area contributed by atoms with E-state index in [1.807, 2.05) is 35.2 Å². The molecule has 4 aliphatic rings. The Morgan fingerprint density at radius 1 is 0.673 bits per heavy atom. The number of nitriles is 2. The summed E-state index contributed by atoms with van der Waals surface area (Å²) < 4.78 is 27.6. The predicted molar refractivity (Wildman–Crippen MR) is 199 cm³/mol. The Hall–Kier alpha value is -6.06. The van der Waals surface area contributed by atoms with E-state index >= 15 is 0 Å². The number of benzene rings is 2. The van der Waals surface area contributed by atoms with Crippen molar-refractivity contribution in [2.24, 2.45) is 0 Å². The zero-order valence-electron chi connectivity index (χ0n) is 30.4.